The molecule has 0 aliphatic carbocycles. The van der Waals surface area contributed by atoms with E-state index in [0.29, 0.717) is 11.6 Å². The highest BCUT2D eigenvalue weighted by atomic mass is 35.5. The maximum atomic E-state index is 12.0. The Morgan fingerprint density at radius 3 is 2.56 bits per heavy atom. The molecule has 0 aromatic carbocycles. The van der Waals surface area contributed by atoms with E-state index >= 15 is 0 Å². The van der Waals surface area contributed by atoms with Gasteiger partial charge in [0.25, 0.3) is 5.91 Å². The molecular weight excluding hydrogens is 293 g/mol. The summed E-state index contributed by atoms with van der Waals surface area (Å²) >= 11 is 1.46. The summed E-state index contributed by atoms with van der Waals surface area (Å²) in [7, 11) is 0. The Balaban J connectivity index is 0.00000144. The first-order valence-corrected chi connectivity index (χ1v) is 6.56. The van der Waals surface area contributed by atoms with Crippen LogP contribution in [0.25, 0.3) is 0 Å². The molecule has 2 N–H and O–H groups in total. The minimum absolute atomic E-state index is 0. The van der Waals surface area contributed by atoms with Gasteiger partial charge in [0.1, 0.15) is 5.69 Å². The zero-order chi connectivity index (χ0) is 11.5. The number of hydrogen-bond donors (Lipinski definition) is 1. The fourth-order valence-electron chi connectivity index (χ4n) is 2.11. The molecule has 18 heavy (non-hydrogen) atoms. The highest BCUT2D eigenvalue weighted by molar-refractivity contribution is 7.07. The summed E-state index contributed by atoms with van der Waals surface area (Å²) in [5, 5.41) is 1.81. The third-order valence-corrected chi connectivity index (χ3v) is 3.81. The second kappa shape index (κ2) is 7.94. The van der Waals surface area contributed by atoms with E-state index in [1.165, 1.54) is 11.3 Å². The molecule has 1 amide bonds. The lowest BCUT2D eigenvalue weighted by molar-refractivity contribution is 0.0676. The number of halogens is 2. The number of hydrogen-bond acceptors (Lipinski definition) is 4. The minimum atomic E-state index is 0. The van der Waals surface area contributed by atoms with Gasteiger partial charge < -0.3 is 10.6 Å². The van der Waals surface area contributed by atoms with Crippen molar-refractivity contribution in [2.45, 2.75) is 25.8 Å². The van der Waals surface area contributed by atoms with E-state index in [0.717, 1.165) is 25.9 Å². The Morgan fingerprint density at radius 1 is 1.50 bits per heavy atom. The number of nitrogens with zero attached hydrogens (tertiary/aromatic N) is 2. The van der Waals surface area contributed by atoms with Gasteiger partial charge in [0.05, 0.1) is 5.51 Å². The molecule has 1 aromatic rings. The van der Waals surface area contributed by atoms with Crippen LogP contribution in [0.4, 0.5) is 0 Å². The molecule has 0 bridgehead atoms. The summed E-state index contributed by atoms with van der Waals surface area (Å²) in [6.07, 6.45) is 2.01. The summed E-state index contributed by atoms with van der Waals surface area (Å²) in [6, 6.07) is 0.233. The van der Waals surface area contributed by atoms with Crippen molar-refractivity contribution in [1.82, 2.24) is 9.88 Å². The molecule has 1 unspecified atom stereocenters. The maximum absolute atomic E-state index is 12.0. The van der Waals surface area contributed by atoms with Crippen molar-refractivity contribution in [3.8, 4) is 0 Å². The SMILES string of the molecule is CC(N)C1CCN(C(=O)c2cscn2)CC1.Cl.Cl. The minimum Gasteiger partial charge on any atom is -0.337 e. The Labute approximate surface area is 124 Å². The number of aromatic nitrogens is 1. The van der Waals surface area contributed by atoms with Crippen molar-refractivity contribution < 1.29 is 4.79 Å². The fraction of sp³-hybridized carbons (Fsp3) is 0.636. The molecule has 0 spiro atoms. The quantitative estimate of drug-likeness (QED) is 0.910. The first kappa shape index (κ1) is 17.6. The second-order valence-corrected chi connectivity index (χ2v) is 5.08. The van der Waals surface area contributed by atoms with E-state index in [1.807, 2.05) is 11.8 Å². The number of likely N-dealkylation sites (tertiary alicyclic amines) is 1. The Bertz CT molecular complexity index is 351. The van der Waals surface area contributed by atoms with Crippen LogP contribution in [0.1, 0.15) is 30.3 Å². The molecule has 4 nitrogen and oxygen atoms in total. The summed E-state index contributed by atoms with van der Waals surface area (Å²) < 4.78 is 0. The molecule has 1 aliphatic heterocycles. The molecule has 104 valence electrons. The van der Waals surface area contributed by atoms with Crippen LogP contribution in [-0.2, 0) is 0 Å². The highest BCUT2D eigenvalue weighted by Gasteiger charge is 2.25. The molecule has 1 aliphatic rings. The smallest absolute Gasteiger partial charge is 0.273 e. The van der Waals surface area contributed by atoms with E-state index in [4.69, 9.17) is 5.73 Å². The molecule has 1 saturated heterocycles. The number of amides is 1. The van der Waals surface area contributed by atoms with Gasteiger partial charge in [-0.2, -0.15) is 0 Å². The van der Waals surface area contributed by atoms with Crippen molar-refractivity contribution >= 4 is 42.1 Å². The predicted octanol–water partition coefficient (Wildman–Crippen LogP) is 2.19. The van der Waals surface area contributed by atoms with Crippen LogP contribution in [0.3, 0.4) is 0 Å². The van der Waals surface area contributed by atoms with E-state index in [-0.39, 0.29) is 36.8 Å². The van der Waals surface area contributed by atoms with Crippen molar-refractivity contribution in [1.29, 1.82) is 0 Å². The van der Waals surface area contributed by atoms with Crippen LogP contribution >= 0.6 is 36.2 Å². The van der Waals surface area contributed by atoms with E-state index in [9.17, 15) is 4.79 Å². The van der Waals surface area contributed by atoms with Crippen molar-refractivity contribution in [3.05, 3.63) is 16.6 Å². The molecule has 0 saturated carbocycles. The number of rotatable bonds is 2. The lowest BCUT2D eigenvalue weighted by Crippen LogP contribution is -2.42. The van der Waals surface area contributed by atoms with Crippen LogP contribution in [0.2, 0.25) is 0 Å². The fourth-order valence-corrected chi connectivity index (χ4v) is 2.63. The Morgan fingerprint density at radius 2 is 2.11 bits per heavy atom. The first-order valence-electron chi connectivity index (χ1n) is 5.61. The standard InChI is InChI=1S/C11H17N3OS.2ClH/c1-8(12)9-2-4-14(5-3-9)11(15)10-6-16-7-13-10;;/h6-9H,2-5,12H2,1H3;2*1H. The third-order valence-electron chi connectivity index (χ3n) is 3.22. The number of carbonyl (C=O) groups is 1. The van der Waals surface area contributed by atoms with Gasteiger partial charge in [-0.3, -0.25) is 4.79 Å². The lowest BCUT2D eigenvalue weighted by atomic mass is 9.91. The van der Waals surface area contributed by atoms with Gasteiger partial charge in [-0.25, -0.2) is 4.98 Å². The van der Waals surface area contributed by atoms with Crippen LogP contribution in [-0.4, -0.2) is 34.9 Å². The second-order valence-electron chi connectivity index (χ2n) is 4.36. The topological polar surface area (TPSA) is 59.2 Å². The number of thiazole rings is 1. The zero-order valence-corrected chi connectivity index (χ0v) is 12.7. The van der Waals surface area contributed by atoms with E-state index in [1.54, 1.807) is 10.9 Å². The highest BCUT2D eigenvalue weighted by Crippen LogP contribution is 2.20. The summed E-state index contributed by atoms with van der Waals surface area (Å²) in [5.41, 5.74) is 8.14. The first-order chi connectivity index (χ1) is 7.68. The van der Waals surface area contributed by atoms with Gasteiger partial charge >= 0.3 is 0 Å². The van der Waals surface area contributed by atoms with Gasteiger partial charge in [-0.15, -0.1) is 36.2 Å². The van der Waals surface area contributed by atoms with Crippen LogP contribution in [0, 0.1) is 5.92 Å². The largest absolute Gasteiger partial charge is 0.337 e. The molecule has 7 heteroatoms. The van der Waals surface area contributed by atoms with Crippen molar-refractivity contribution in [2.75, 3.05) is 13.1 Å². The van der Waals surface area contributed by atoms with Crippen molar-refractivity contribution in [3.63, 3.8) is 0 Å². The average Bonchev–Trinajstić information content (AvgIpc) is 2.81. The van der Waals surface area contributed by atoms with Gasteiger partial charge in [0.2, 0.25) is 0 Å². The van der Waals surface area contributed by atoms with Crippen LogP contribution in [0.15, 0.2) is 10.9 Å². The molecule has 1 aromatic heterocycles. The van der Waals surface area contributed by atoms with Gasteiger partial charge in [0, 0.05) is 24.5 Å². The average molecular weight is 312 g/mol. The molecule has 1 atom stereocenters. The Hall–Kier alpha value is -0.360. The summed E-state index contributed by atoms with van der Waals surface area (Å²) in [5.74, 6) is 0.615. The zero-order valence-electron chi connectivity index (χ0n) is 10.2. The summed E-state index contributed by atoms with van der Waals surface area (Å²) in [6.45, 7) is 3.66. The molecule has 2 rings (SSSR count). The van der Waals surface area contributed by atoms with Gasteiger partial charge in [-0.05, 0) is 25.7 Å². The van der Waals surface area contributed by atoms with E-state index < -0.39 is 0 Å². The molecule has 0 radical (unpaired) electrons. The lowest BCUT2D eigenvalue weighted by Gasteiger charge is -2.33. The van der Waals surface area contributed by atoms with Crippen LogP contribution in [0.5, 0.6) is 0 Å². The monoisotopic (exact) mass is 311 g/mol. The maximum Gasteiger partial charge on any atom is 0.273 e. The van der Waals surface area contributed by atoms with E-state index in [2.05, 4.69) is 4.98 Å². The number of carbonyl (C=O) groups excluding carboxylic acids is 1. The molecular formula is C11H19Cl2N3OS. The molecule has 1 fully saturated rings. The third kappa shape index (κ3) is 4.09. The van der Waals surface area contributed by atoms with Crippen molar-refractivity contribution in [2.24, 2.45) is 11.7 Å². The molecule has 2 heterocycles. The van der Waals surface area contributed by atoms with Gasteiger partial charge in [0.15, 0.2) is 0 Å². The summed E-state index contributed by atoms with van der Waals surface area (Å²) in [4.78, 5) is 17.9. The van der Waals surface area contributed by atoms with Crippen LogP contribution < -0.4 is 5.73 Å². The Kier molecular flexibility index (Phi) is 7.78. The number of nitrogens with two attached hydrogens (primary N) is 1. The normalized spacial score (nSPS) is 17.6. The number of piperidine rings is 1. The predicted molar refractivity (Wildman–Crippen MR) is 78.9 cm³/mol. The van der Waals surface area contributed by atoms with Gasteiger partial charge in [-0.1, -0.05) is 0 Å².